The van der Waals surface area contributed by atoms with Gasteiger partial charge in [-0.2, -0.15) is 0 Å². The lowest BCUT2D eigenvalue weighted by molar-refractivity contribution is -0.139. The molecule has 0 bridgehead atoms. The minimum atomic E-state index is -3.82. The summed E-state index contributed by atoms with van der Waals surface area (Å²) in [6.07, 6.45) is 0.931. The molecule has 0 fully saturated rings. The fourth-order valence-electron chi connectivity index (χ4n) is 4.23. The van der Waals surface area contributed by atoms with Gasteiger partial charge in [0.1, 0.15) is 25.8 Å². The number of nitrogens with one attached hydrogen (secondary N) is 1. The van der Waals surface area contributed by atoms with Crippen molar-refractivity contribution in [1.29, 1.82) is 0 Å². The molecule has 9 nitrogen and oxygen atoms in total. The van der Waals surface area contributed by atoms with Crippen molar-refractivity contribution in [2.45, 2.75) is 46.6 Å². The fourth-order valence-corrected chi connectivity index (χ4v) is 5.28. The molecule has 1 aliphatic heterocycles. The number of benzene rings is 2. The molecule has 0 saturated carbocycles. The van der Waals surface area contributed by atoms with E-state index in [1.54, 1.807) is 18.2 Å². The Hall–Kier alpha value is -3.27. The number of hydrogen-bond acceptors (Lipinski definition) is 6. The minimum absolute atomic E-state index is 0.190. The van der Waals surface area contributed by atoms with Crippen molar-refractivity contribution in [2.24, 2.45) is 5.92 Å². The zero-order chi connectivity index (χ0) is 27.7. The Morgan fingerprint density at radius 3 is 2.32 bits per heavy atom. The number of hydrogen-bond donors (Lipinski definition) is 1. The van der Waals surface area contributed by atoms with Gasteiger partial charge in [-0.05, 0) is 43.4 Å². The maximum absolute atomic E-state index is 13.8. The van der Waals surface area contributed by atoms with Crippen LogP contribution in [0.1, 0.15) is 39.7 Å². The Kier molecular flexibility index (Phi) is 10.4. The van der Waals surface area contributed by atoms with Crippen molar-refractivity contribution in [3.8, 4) is 11.5 Å². The quantitative estimate of drug-likeness (QED) is 0.414. The maximum Gasteiger partial charge on any atom is 0.244 e. The second-order valence-electron chi connectivity index (χ2n) is 9.62. The average Bonchev–Trinajstić information content (AvgIpc) is 2.92. The van der Waals surface area contributed by atoms with Crippen LogP contribution in [0, 0.1) is 5.92 Å². The highest BCUT2D eigenvalue weighted by Crippen LogP contribution is 2.35. The van der Waals surface area contributed by atoms with Crippen molar-refractivity contribution in [3.05, 3.63) is 54.1 Å². The number of carbonyl (C=O) groups excluding carboxylic acids is 2. The summed E-state index contributed by atoms with van der Waals surface area (Å²) in [5.41, 5.74) is 1.33. The summed E-state index contributed by atoms with van der Waals surface area (Å²) in [6.45, 7) is 8.48. The molecule has 1 N–H and O–H groups in total. The second-order valence-corrected chi connectivity index (χ2v) is 11.8. The lowest BCUT2D eigenvalue weighted by Crippen LogP contribution is -2.53. The molecule has 2 aromatic carbocycles. The highest BCUT2D eigenvalue weighted by Gasteiger charge is 2.32. The van der Waals surface area contributed by atoms with Gasteiger partial charge < -0.3 is 19.7 Å². The summed E-state index contributed by atoms with van der Waals surface area (Å²) in [6, 6.07) is 13.8. The summed E-state index contributed by atoms with van der Waals surface area (Å²) in [5, 5.41) is 2.93. The Morgan fingerprint density at radius 1 is 1.00 bits per heavy atom. The van der Waals surface area contributed by atoms with Crippen LogP contribution in [0.3, 0.4) is 0 Å². The van der Waals surface area contributed by atoms with Crippen LogP contribution in [0.15, 0.2) is 48.5 Å². The van der Waals surface area contributed by atoms with Gasteiger partial charge in [0.25, 0.3) is 0 Å². The molecule has 1 heterocycles. The molecule has 1 atom stereocenters. The van der Waals surface area contributed by atoms with Gasteiger partial charge >= 0.3 is 0 Å². The van der Waals surface area contributed by atoms with Crippen molar-refractivity contribution in [1.82, 2.24) is 10.2 Å². The summed E-state index contributed by atoms with van der Waals surface area (Å²) in [7, 11) is -3.82. The first-order valence-electron chi connectivity index (χ1n) is 13.2. The van der Waals surface area contributed by atoms with Crippen LogP contribution in [-0.4, -0.2) is 69.8 Å². The van der Waals surface area contributed by atoms with E-state index in [9.17, 15) is 18.0 Å². The minimum Gasteiger partial charge on any atom is -0.486 e. The van der Waals surface area contributed by atoms with E-state index >= 15 is 0 Å². The first-order chi connectivity index (χ1) is 18.2. The van der Waals surface area contributed by atoms with Crippen LogP contribution in [-0.2, 0) is 26.0 Å². The number of ether oxygens (including phenoxy) is 2. The summed E-state index contributed by atoms with van der Waals surface area (Å²) >= 11 is 0. The molecular weight excluding hydrogens is 506 g/mol. The van der Waals surface area contributed by atoms with Gasteiger partial charge in [-0.1, -0.05) is 51.1 Å². The van der Waals surface area contributed by atoms with E-state index in [1.165, 1.54) is 11.8 Å². The van der Waals surface area contributed by atoms with Crippen molar-refractivity contribution < 1.29 is 27.5 Å². The highest BCUT2D eigenvalue weighted by molar-refractivity contribution is 7.92. The van der Waals surface area contributed by atoms with Crippen molar-refractivity contribution in [3.63, 3.8) is 0 Å². The number of anilines is 1. The molecule has 0 radical (unpaired) electrons. The lowest BCUT2D eigenvalue weighted by atomic mass is 10.1. The SMILES string of the molecule is CC[C@@H](C(=O)NCC(C)C)N(CCc1ccccc1)C(=O)CN(c1ccc2c(c1)OCCO2)S(=O)(=O)CC. The Balaban J connectivity index is 1.91. The molecule has 2 amide bonds. The molecule has 0 aliphatic carbocycles. The van der Waals surface area contributed by atoms with Crippen LogP contribution in [0.4, 0.5) is 5.69 Å². The first-order valence-corrected chi connectivity index (χ1v) is 14.8. The summed E-state index contributed by atoms with van der Waals surface area (Å²) in [5.74, 6) is 0.331. The molecule has 0 unspecified atom stereocenters. The number of sulfonamides is 1. The molecular formula is C28H39N3O6S. The third-order valence-corrected chi connectivity index (χ3v) is 8.09. The fraction of sp³-hybridized carbons (Fsp3) is 0.500. The largest absolute Gasteiger partial charge is 0.486 e. The molecule has 10 heteroatoms. The van der Waals surface area contributed by atoms with E-state index in [2.05, 4.69) is 5.32 Å². The van der Waals surface area contributed by atoms with Gasteiger partial charge in [0, 0.05) is 19.2 Å². The van der Waals surface area contributed by atoms with Gasteiger partial charge in [0.15, 0.2) is 11.5 Å². The second kappa shape index (κ2) is 13.5. The zero-order valence-corrected chi connectivity index (χ0v) is 23.5. The third kappa shape index (κ3) is 7.63. The smallest absolute Gasteiger partial charge is 0.244 e. The summed E-state index contributed by atoms with van der Waals surface area (Å²) < 4.78 is 38.6. The van der Waals surface area contributed by atoms with Crippen LogP contribution >= 0.6 is 0 Å². The molecule has 208 valence electrons. The topological polar surface area (TPSA) is 105 Å². The molecule has 38 heavy (non-hydrogen) atoms. The van der Waals surface area contributed by atoms with E-state index in [4.69, 9.17) is 9.47 Å². The monoisotopic (exact) mass is 545 g/mol. The number of rotatable bonds is 13. The van der Waals surface area contributed by atoms with E-state index in [0.29, 0.717) is 49.8 Å². The Morgan fingerprint density at radius 2 is 1.68 bits per heavy atom. The van der Waals surface area contributed by atoms with E-state index in [-0.39, 0.29) is 24.1 Å². The molecule has 0 aromatic heterocycles. The normalized spacial score (nSPS) is 13.6. The predicted molar refractivity (Wildman–Crippen MR) is 148 cm³/mol. The van der Waals surface area contributed by atoms with Crippen LogP contribution < -0.4 is 19.1 Å². The number of amides is 2. The highest BCUT2D eigenvalue weighted by atomic mass is 32.2. The van der Waals surface area contributed by atoms with Gasteiger partial charge in [0.05, 0.1) is 11.4 Å². The lowest BCUT2D eigenvalue weighted by Gasteiger charge is -2.33. The molecule has 0 spiro atoms. The zero-order valence-electron chi connectivity index (χ0n) is 22.7. The van der Waals surface area contributed by atoms with Gasteiger partial charge in [-0.15, -0.1) is 0 Å². The van der Waals surface area contributed by atoms with Crippen molar-refractivity contribution in [2.75, 3.05) is 42.9 Å². The average molecular weight is 546 g/mol. The molecule has 2 aromatic rings. The first kappa shape index (κ1) is 29.3. The van der Waals surface area contributed by atoms with Crippen LogP contribution in [0.2, 0.25) is 0 Å². The molecule has 3 rings (SSSR count). The Labute approximate surface area is 226 Å². The third-order valence-electron chi connectivity index (χ3n) is 6.35. The van der Waals surface area contributed by atoms with E-state index in [1.807, 2.05) is 51.1 Å². The Bertz CT molecular complexity index is 1190. The van der Waals surface area contributed by atoms with E-state index in [0.717, 1.165) is 9.87 Å². The summed E-state index contributed by atoms with van der Waals surface area (Å²) in [4.78, 5) is 28.5. The predicted octanol–water partition coefficient (Wildman–Crippen LogP) is 3.24. The van der Waals surface area contributed by atoms with Gasteiger partial charge in [-0.3, -0.25) is 13.9 Å². The number of nitrogens with zero attached hydrogens (tertiary/aromatic N) is 2. The number of fused-ring (bicyclic) bond motifs is 1. The maximum atomic E-state index is 13.8. The molecule has 0 saturated heterocycles. The number of carbonyl (C=O) groups is 2. The van der Waals surface area contributed by atoms with E-state index < -0.39 is 28.5 Å². The van der Waals surface area contributed by atoms with Crippen molar-refractivity contribution >= 4 is 27.5 Å². The van der Waals surface area contributed by atoms with Crippen LogP contribution in [0.25, 0.3) is 0 Å². The van der Waals surface area contributed by atoms with Gasteiger partial charge in [0.2, 0.25) is 21.8 Å². The van der Waals surface area contributed by atoms with Crippen LogP contribution in [0.5, 0.6) is 11.5 Å². The standard InChI is InChI=1S/C28H39N3O6S/c1-5-24(28(33)29-19-21(3)4)30(15-14-22-10-8-7-9-11-22)27(32)20-31(38(34,35)6-2)23-12-13-25-26(18-23)37-17-16-36-25/h7-13,18,21,24H,5-6,14-17,19-20H2,1-4H3,(H,29,33)/t24-/m0/s1. The molecule has 1 aliphatic rings. The van der Waals surface area contributed by atoms with Gasteiger partial charge in [-0.25, -0.2) is 8.42 Å².